The molecule has 0 spiro atoms. The highest BCUT2D eigenvalue weighted by Crippen LogP contribution is 2.37. The molecule has 6 heteroatoms. The maximum atomic E-state index is 12.9. The second-order valence-electron chi connectivity index (χ2n) is 4.44. The molecule has 0 aliphatic rings. The molecule has 0 unspecified atom stereocenters. The molecule has 0 aliphatic carbocycles. The Hall–Kier alpha value is -2.27. The summed E-state index contributed by atoms with van der Waals surface area (Å²) >= 11 is 6.08. The fourth-order valence-electron chi connectivity index (χ4n) is 1.83. The second-order valence-corrected chi connectivity index (χ2v) is 4.85. The number of rotatable bonds is 6. The first-order valence-corrected chi connectivity index (χ1v) is 6.96. The first-order valence-electron chi connectivity index (χ1n) is 6.58. The van der Waals surface area contributed by atoms with Crippen LogP contribution in [0.4, 0.5) is 4.39 Å². The van der Waals surface area contributed by atoms with Crippen molar-refractivity contribution in [2.24, 2.45) is 0 Å². The molecule has 0 aromatic heterocycles. The molecule has 0 saturated carbocycles. The van der Waals surface area contributed by atoms with Crippen molar-refractivity contribution >= 4 is 17.6 Å². The van der Waals surface area contributed by atoms with Gasteiger partial charge in [0.15, 0.2) is 11.5 Å². The first-order chi connectivity index (χ1) is 10.5. The Kier molecular flexibility index (Phi) is 5.22. The average Bonchev–Trinajstić information content (AvgIpc) is 2.48. The minimum Gasteiger partial charge on any atom is -0.490 e. The lowest BCUT2D eigenvalue weighted by Gasteiger charge is -2.14. The predicted molar refractivity (Wildman–Crippen MR) is 80.3 cm³/mol. The Balaban J connectivity index is 2.25. The molecule has 0 bridgehead atoms. The van der Waals surface area contributed by atoms with E-state index in [2.05, 4.69) is 0 Å². The summed E-state index contributed by atoms with van der Waals surface area (Å²) in [5.74, 6) is -0.914. The van der Waals surface area contributed by atoms with Crippen molar-refractivity contribution in [1.82, 2.24) is 0 Å². The fraction of sp³-hybridized carbons (Fsp3) is 0.188. The van der Waals surface area contributed by atoms with Gasteiger partial charge in [0.05, 0.1) is 17.2 Å². The molecule has 0 saturated heterocycles. The fourth-order valence-corrected chi connectivity index (χ4v) is 2.10. The minimum atomic E-state index is -1.10. The van der Waals surface area contributed by atoms with Crippen LogP contribution in [0.3, 0.4) is 0 Å². The Labute approximate surface area is 132 Å². The van der Waals surface area contributed by atoms with Crippen molar-refractivity contribution in [3.8, 4) is 11.5 Å². The van der Waals surface area contributed by atoms with Crippen LogP contribution in [0.15, 0.2) is 36.4 Å². The molecule has 0 fully saturated rings. The first kappa shape index (κ1) is 16.1. The van der Waals surface area contributed by atoms with Crippen LogP contribution < -0.4 is 9.47 Å². The maximum absolute atomic E-state index is 12.9. The summed E-state index contributed by atoms with van der Waals surface area (Å²) in [6.07, 6.45) is 0. The van der Waals surface area contributed by atoms with E-state index in [9.17, 15) is 9.18 Å². The summed E-state index contributed by atoms with van der Waals surface area (Å²) < 4.78 is 23.9. The number of carbonyl (C=O) groups is 1. The van der Waals surface area contributed by atoms with Crippen LogP contribution in [0.25, 0.3) is 0 Å². The SMILES string of the molecule is CCOc1cc(C(=O)O)cc(Cl)c1OCc1ccc(F)cc1. The zero-order valence-electron chi connectivity index (χ0n) is 11.8. The summed E-state index contributed by atoms with van der Waals surface area (Å²) in [6.45, 7) is 2.27. The van der Waals surface area contributed by atoms with Gasteiger partial charge in [-0.3, -0.25) is 0 Å². The van der Waals surface area contributed by atoms with Gasteiger partial charge in [-0.1, -0.05) is 23.7 Å². The summed E-state index contributed by atoms with van der Waals surface area (Å²) in [7, 11) is 0. The summed E-state index contributed by atoms with van der Waals surface area (Å²) in [5.41, 5.74) is 0.768. The number of aromatic carboxylic acids is 1. The average molecular weight is 325 g/mol. The van der Waals surface area contributed by atoms with Crippen LogP contribution in [-0.4, -0.2) is 17.7 Å². The van der Waals surface area contributed by atoms with Crippen LogP contribution in [-0.2, 0) is 6.61 Å². The van der Waals surface area contributed by atoms with Crippen LogP contribution in [0.2, 0.25) is 5.02 Å². The molecular weight excluding hydrogens is 311 g/mol. The zero-order chi connectivity index (χ0) is 16.1. The van der Waals surface area contributed by atoms with E-state index in [1.54, 1.807) is 19.1 Å². The Morgan fingerprint density at radius 2 is 1.91 bits per heavy atom. The van der Waals surface area contributed by atoms with Gasteiger partial charge in [0, 0.05) is 0 Å². The number of hydrogen-bond acceptors (Lipinski definition) is 3. The van der Waals surface area contributed by atoms with Gasteiger partial charge in [-0.15, -0.1) is 0 Å². The summed E-state index contributed by atoms with van der Waals surface area (Å²) in [5, 5.41) is 9.18. The monoisotopic (exact) mass is 324 g/mol. The zero-order valence-corrected chi connectivity index (χ0v) is 12.6. The minimum absolute atomic E-state index is 0.0163. The molecule has 2 aromatic rings. The molecule has 116 valence electrons. The molecule has 0 heterocycles. The van der Waals surface area contributed by atoms with Crippen LogP contribution >= 0.6 is 11.6 Å². The van der Waals surface area contributed by atoms with Crippen LogP contribution in [0.1, 0.15) is 22.8 Å². The standard InChI is InChI=1S/C16H14ClFO4/c1-2-21-14-8-11(16(19)20)7-13(17)15(14)22-9-10-3-5-12(18)6-4-10/h3-8H,2,9H2,1H3,(H,19,20). The van der Waals surface area contributed by atoms with Crippen LogP contribution in [0.5, 0.6) is 11.5 Å². The van der Waals surface area contributed by atoms with E-state index in [4.69, 9.17) is 26.2 Å². The normalized spacial score (nSPS) is 10.3. The van der Waals surface area contributed by atoms with Crippen LogP contribution in [0, 0.1) is 5.82 Å². The molecule has 4 nitrogen and oxygen atoms in total. The number of hydrogen-bond donors (Lipinski definition) is 1. The van der Waals surface area contributed by atoms with Crippen molar-refractivity contribution in [2.45, 2.75) is 13.5 Å². The van der Waals surface area contributed by atoms with E-state index in [-0.39, 0.29) is 34.5 Å². The quantitative estimate of drug-likeness (QED) is 0.867. The van der Waals surface area contributed by atoms with Crippen molar-refractivity contribution in [3.05, 3.63) is 58.4 Å². The number of ether oxygens (including phenoxy) is 2. The third-order valence-corrected chi connectivity index (χ3v) is 3.13. The molecule has 1 N–H and O–H groups in total. The Bertz CT molecular complexity index is 671. The second kappa shape index (κ2) is 7.13. The lowest BCUT2D eigenvalue weighted by molar-refractivity contribution is 0.0696. The smallest absolute Gasteiger partial charge is 0.335 e. The number of halogens is 2. The molecule has 2 rings (SSSR count). The van der Waals surface area contributed by atoms with E-state index in [1.807, 2.05) is 0 Å². The van der Waals surface area contributed by atoms with Gasteiger partial charge in [-0.2, -0.15) is 0 Å². The van der Waals surface area contributed by atoms with Gasteiger partial charge >= 0.3 is 5.97 Å². The Morgan fingerprint density at radius 3 is 2.50 bits per heavy atom. The Morgan fingerprint density at radius 1 is 1.23 bits per heavy atom. The van der Waals surface area contributed by atoms with Gasteiger partial charge in [-0.05, 0) is 36.8 Å². The number of carboxylic acids is 1. The van der Waals surface area contributed by atoms with Crippen molar-refractivity contribution < 1.29 is 23.8 Å². The number of benzene rings is 2. The predicted octanol–water partition coefficient (Wildman–Crippen LogP) is 4.16. The molecule has 0 radical (unpaired) electrons. The third-order valence-electron chi connectivity index (χ3n) is 2.85. The highest BCUT2D eigenvalue weighted by Gasteiger charge is 2.16. The van der Waals surface area contributed by atoms with Gasteiger partial charge in [0.25, 0.3) is 0 Å². The van der Waals surface area contributed by atoms with Gasteiger partial charge < -0.3 is 14.6 Å². The third kappa shape index (κ3) is 3.89. The topological polar surface area (TPSA) is 55.8 Å². The van der Waals surface area contributed by atoms with Crippen molar-refractivity contribution in [2.75, 3.05) is 6.61 Å². The molecule has 0 aliphatic heterocycles. The summed E-state index contributed by atoms with van der Waals surface area (Å²) in [6, 6.07) is 8.50. The van der Waals surface area contributed by atoms with Crippen molar-refractivity contribution in [3.63, 3.8) is 0 Å². The van der Waals surface area contributed by atoms with E-state index < -0.39 is 5.97 Å². The molecule has 0 amide bonds. The summed E-state index contributed by atoms with van der Waals surface area (Å²) in [4.78, 5) is 11.0. The molecule has 2 aromatic carbocycles. The maximum Gasteiger partial charge on any atom is 0.335 e. The largest absolute Gasteiger partial charge is 0.490 e. The lowest BCUT2D eigenvalue weighted by Crippen LogP contribution is -2.03. The van der Waals surface area contributed by atoms with Gasteiger partial charge in [0.1, 0.15) is 12.4 Å². The number of carboxylic acid groups (broad SMARTS) is 1. The van der Waals surface area contributed by atoms with E-state index in [0.29, 0.717) is 6.61 Å². The molecular formula is C16H14ClFO4. The lowest BCUT2D eigenvalue weighted by atomic mass is 10.2. The van der Waals surface area contributed by atoms with Gasteiger partial charge in [-0.25, -0.2) is 9.18 Å². The highest BCUT2D eigenvalue weighted by molar-refractivity contribution is 6.32. The highest BCUT2D eigenvalue weighted by atomic mass is 35.5. The van der Waals surface area contributed by atoms with Gasteiger partial charge in [0.2, 0.25) is 0 Å². The molecule has 22 heavy (non-hydrogen) atoms. The van der Waals surface area contributed by atoms with E-state index in [1.165, 1.54) is 24.3 Å². The van der Waals surface area contributed by atoms with Crippen molar-refractivity contribution in [1.29, 1.82) is 0 Å². The van der Waals surface area contributed by atoms with E-state index in [0.717, 1.165) is 5.56 Å². The van der Waals surface area contributed by atoms with E-state index >= 15 is 0 Å². The molecule has 0 atom stereocenters.